The maximum Gasteiger partial charge on any atom is 0.263 e. The zero-order chi connectivity index (χ0) is 22.0. The topological polar surface area (TPSA) is 64.0 Å². The van der Waals surface area contributed by atoms with Crippen molar-refractivity contribution in [3.05, 3.63) is 81.7 Å². The molecule has 0 saturated heterocycles. The lowest BCUT2D eigenvalue weighted by atomic mass is 10.0. The fourth-order valence-corrected chi connectivity index (χ4v) is 4.85. The Morgan fingerprint density at radius 1 is 1.10 bits per heavy atom. The van der Waals surface area contributed by atoms with Gasteiger partial charge in [-0.3, -0.25) is 14.2 Å². The summed E-state index contributed by atoms with van der Waals surface area (Å²) in [6, 6.07) is 17.0. The highest BCUT2D eigenvalue weighted by molar-refractivity contribution is 7.19. The lowest BCUT2D eigenvalue weighted by Crippen LogP contribution is -2.33. The summed E-state index contributed by atoms with van der Waals surface area (Å²) < 4.78 is 1.47. The van der Waals surface area contributed by atoms with Crippen LogP contribution in [0, 0.1) is 6.92 Å². The van der Waals surface area contributed by atoms with Crippen molar-refractivity contribution in [1.82, 2.24) is 9.55 Å². The smallest absolute Gasteiger partial charge is 0.263 e. The number of anilines is 1. The molecule has 0 saturated carbocycles. The van der Waals surface area contributed by atoms with Crippen LogP contribution in [0.25, 0.3) is 21.3 Å². The first kappa shape index (κ1) is 21.0. The van der Waals surface area contributed by atoms with Crippen molar-refractivity contribution in [2.24, 2.45) is 0 Å². The van der Waals surface area contributed by atoms with Crippen molar-refractivity contribution in [3.8, 4) is 11.1 Å². The van der Waals surface area contributed by atoms with E-state index in [1.807, 2.05) is 68.4 Å². The van der Waals surface area contributed by atoms with E-state index in [2.05, 4.69) is 17.2 Å². The lowest BCUT2D eigenvalue weighted by molar-refractivity contribution is -0.119. The molecule has 0 bridgehead atoms. The minimum absolute atomic E-state index is 0.184. The minimum atomic E-state index is -0.640. The van der Waals surface area contributed by atoms with Crippen LogP contribution in [0.2, 0.25) is 0 Å². The van der Waals surface area contributed by atoms with Gasteiger partial charge in [0.15, 0.2) is 0 Å². The summed E-state index contributed by atoms with van der Waals surface area (Å²) in [5.41, 5.74) is 3.63. The molecule has 158 valence electrons. The summed E-state index contributed by atoms with van der Waals surface area (Å²) in [5, 5.41) is 3.52. The number of aromatic nitrogens is 2. The second-order valence-electron chi connectivity index (χ2n) is 7.50. The molecule has 1 N–H and O–H groups in total. The molecule has 0 aliphatic carbocycles. The van der Waals surface area contributed by atoms with Gasteiger partial charge in [-0.2, -0.15) is 0 Å². The molecular weight excluding hydrogens is 406 g/mol. The number of hydrogen-bond acceptors (Lipinski definition) is 4. The molecular formula is C25H25N3O2S. The van der Waals surface area contributed by atoms with Gasteiger partial charge in [0, 0.05) is 16.1 Å². The summed E-state index contributed by atoms with van der Waals surface area (Å²) in [7, 11) is 0. The average Bonchev–Trinajstić information content (AvgIpc) is 3.13. The van der Waals surface area contributed by atoms with E-state index in [4.69, 9.17) is 0 Å². The molecule has 2 aromatic carbocycles. The maximum absolute atomic E-state index is 13.5. The van der Waals surface area contributed by atoms with Crippen LogP contribution in [0.15, 0.2) is 65.7 Å². The Labute approximate surface area is 185 Å². The molecule has 0 spiro atoms. The van der Waals surface area contributed by atoms with Crippen LogP contribution >= 0.6 is 11.3 Å². The van der Waals surface area contributed by atoms with Gasteiger partial charge in [0.05, 0.1) is 11.7 Å². The molecule has 5 nitrogen and oxygen atoms in total. The van der Waals surface area contributed by atoms with Gasteiger partial charge in [0.25, 0.3) is 5.56 Å². The van der Waals surface area contributed by atoms with Crippen LogP contribution in [0.5, 0.6) is 0 Å². The fraction of sp³-hybridized carbons (Fsp3) is 0.240. The molecule has 1 atom stereocenters. The first-order valence-electron chi connectivity index (χ1n) is 10.5. The van der Waals surface area contributed by atoms with Gasteiger partial charge in [-0.05, 0) is 43.0 Å². The predicted octanol–water partition coefficient (Wildman–Crippen LogP) is 5.59. The van der Waals surface area contributed by atoms with E-state index in [0.717, 1.165) is 28.1 Å². The van der Waals surface area contributed by atoms with E-state index in [1.165, 1.54) is 27.8 Å². The van der Waals surface area contributed by atoms with Crippen molar-refractivity contribution in [2.75, 3.05) is 5.32 Å². The number of hydrogen-bond donors (Lipinski definition) is 1. The van der Waals surface area contributed by atoms with Gasteiger partial charge in [-0.25, -0.2) is 4.98 Å². The highest BCUT2D eigenvalue weighted by Gasteiger charge is 2.24. The zero-order valence-corrected chi connectivity index (χ0v) is 18.7. The summed E-state index contributed by atoms with van der Waals surface area (Å²) in [5.74, 6) is -0.219. The van der Waals surface area contributed by atoms with Gasteiger partial charge in [0.1, 0.15) is 10.9 Å². The van der Waals surface area contributed by atoms with Crippen LogP contribution in [0.3, 0.4) is 0 Å². The maximum atomic E-state index is 13.5. The van der Waals surface area contributed by atoms with E-state index >= 15 is 0 Å². The third-order valence-corrected chi connectivity index (χ3v) is 6.54. The minimum Gasteiger partial charge on any atom is -0.324 e. The summed E-state index contributed by atoms with van der Waals surface area (Å²) in [4.78, 5) is 32.8. The molecule has 4 aromatic rings. The SMILES string of the molecule is CCc1ccc(NC(=O)C(CC)n2cnc3sc(C)c(-c4ccccc4)c3c2=O)cc1. The Kier molecular flexibility index (Phi) is 6.00. The highest BCUT2D eigenvalue weighted by atomic mass is 32.1. The molecule has 1 unspecified atom stereocenters. The Hall–Kier alpha value is -3.25. The molecule has 0 aliphatic heterocycles. The normalized spacial score (nSPS) is 12.1. The number of nitrogens with zero attached hydrogens (tertiary/aromatic N) is 2. The Balaban J connectivity index is 1.74. The Morgan fingerprint density at radius 2 is 1.81 bits per heavy atom. The van der Waals surface area contributed by atoms with Crippen molar-refractivity contribution in [2.45, 2.75) is 39.7 Å². The second kappa shape index (κ2) is 8.86. The van der Waals surface area contributed by atoms with Gasteiger partial charge in [-0.1, -0.05) is 56.3 Å². The number of fused-ring (bicyclic) bond motifs is 1. The van der Waals surface area contributed by atoms with Crippen LogP contribution in [-0.4, -0.2) is 15.5 Å². The van der Waals surface area contributed by atoms with Gasteiger partial charge in [-0.15, -0.1) is 11.3 Å². The lowest BCUT2D eigenvalue weighted by Gasteiger charge is -2.18. The monoisotopic (exact) mass is 431 g/mol. The van der Waals surface area contributed by atoms with Crippen LogP contribution in [0.4, 0.5) is 5.69 Å². The number of thiophene rings is 1. The van der Waals surface area contributed by atoms with E-state index in [1.54, 1.807) is 0 Å². The number of rotatable bonds is 6. The van der Waals surface area contributed by atoms with Gasteiger partial charge >= 0.3 is 0 Å². The number of carbonyl (C=O) groups excluding carboxylic acids is 1. The van der Waals surface area contributed by atoms with Crippen molar-refractivity contribution < 1.29 is 4.79 Å². The standard InChI is InChI=1S/C25H25N3O2S/c1-4-17-11-13-19(14-12-17)27-23(29)20(5-2)28-15-26-24-22(25(28)30)21(16(3)31-24)18-9-7-6-8-10-18/h6-15,20H,4-5H2,1-3H3,(H,27,29). The van der Waals surface area contributed by atoms with Crippen molar-refractivity contribution in [1.29, 1.82) is 0 Å². The molecule has 1 amide bonds. The van der Waals surface area contributed by atoms with E-state index < -0.39 is 6.04 Å². The van der Waals surface area contributed by atoms with E-state index in [-0.39, 0.29) is 11.5 Å². The number of carbonyl (C=O) groups is 1. The van der Waals surface area contributed by atoms with Gasteiger partial charge in [0.2, 0.25) is 5.91 Å². The molecule has 31 heavy (non-hydrogen) atoms. The Bertz CT molecular complexity index is 1270. The Morgan fingerprint density at radius 3 is 2.45 bits per heavy atom. The molecule has 6 heteroatoms. The van der Waals surface area contributed by atoms with Crippen LogP contribution in [0.1, 0.15) is 36.8 Å². The molecule has 4 rings (SSSR count). The molecule has 0 aliphatic rings. The number of benzene rings is 2. The molecule has 2 aromatic heterocycles. The molecule has 2 heterocycles. The molecule has 0 fully saturated rings. The average molecular weight is 432 g/mol. The van der Waals surface area contributed by atoms with Crippen LogP contribution < -0.4 is 10.9 Å². The van der Waals surface area contributed by atoms with Crippen LogP contribution in [-0.2, 0) is 11.2 Å². The summed E-state index contributed by atoms with van der Waals surface area (Å²) in [6.45, 7) is 5.99. The van der Waals surface area contributed by atoms with Crippen molar-refractivity contribution >= 4 is 33.1 Å². The number of aryl methyl sites for hydroxylation is 2. The summed E-state index contributed by atoms with van der Waals surface area (Å²) in [6.07, 6.45) is 2.93. The fourth-order valence-electron chi connectivity index (χ4n) is 3.85. The first-order valence-corrected chi connectivity index (χ1v) is 11.3. The zero-order valence-electron chi connectivity index (χ0n) is 17.9. The highest BCUT2D eigenvalue weighted by Crippen LogP contribution is 2.35. The number of nitrogens with one attached hydrogen (secondary N) is 1. The third kappa shape index (κ3) is 4.03. The predicted molar refractivity (Wildman–Crippen MR) is 128 cm³/mol. The second-order valence-corrected chi connectivity index (χ2v) is 8.70. The third-order valence-electron chi connectivity index (χ3n) is 5.53. The number of amides is 1. The quantitative estimate of drug-likeness (QED) is 0.433. The van der Waals surface area contributed by atoms with E-state index in [0.29, 0.717) is 16.6 Å². The summed E-state index contributed by atoms with van der Waals surface area (Å²) >= 11 is 1.51. The van der Waals surface area contributed by atoms with Gasteiger partial charge < -0.3 is 5.32 Å². The van der Waals surface area contributed by atoms with Crippen molar-refractivity contribution in [3.63, 3.8) is 0 Å². The largest absolute Gasteiger partial charge is 0.324 e. The first-order chi connectivity index (χ1) is 15.0. The van der Waals surface area contributed by atoms with E-state index in [9.17, 15) is 9.59 Å². The molecule has 0 radical (unpaired) electrons.